The summed E-state index contributed by atoms with van der Waals surface area (Å²) >= 11 is 0. The minimum atomic E-state index is -0.0709. The van der Waals surface area contributed by atoms with Gasteiger partial charge in [0, 0.05) is 11.7 Å². The lowest BCUT2D eigenvalue weighted by Gasteiger charge is -2.19. The minimum absolute atomic E-state index is 0.0709. The number of hydrogen-bond donors (Lipinski definition) is 2. The van der Waals surface area contributed by atoms with Gasteiger partial charge in [0.25, 0.3) is 5.91 Å². The van der Waals surface area contributed by atoms with Crippen LogP contribution in [0.5, 0.6) is 0 Å². The molecule has 3 N–H and O–H groups in total. The van der Waals surface area contributed by atoms with E-state index in [1.54, 1.807) is 12.1 Å². The number of nitrogens with two attached hydrogens (primary N) is 1. The summed E-state index contributed by atoms with van der Waals surface area (Å²) in [4.78, 5) is 11.9. The van der Waals surface area contributed by atoms with E-state index in [-0.39, 0.29) is 11.9 Å². The molecule has 3 heteroatoms. The molecule has 0 bridgehead atoms. The van der Waals surface area contributed by atoms with Crippen LogP contribution in [0.25, 0.3) is 0 Å². The van der Waals surface area contributed by atoms with Gasteiger partial charge in [0.2, 0.25) is 0 Å². The minimum Gasteiger partial charge on any atom is -0.398 e. The van der Waals surface area contributed by atoms with Gasteiger partial charge in [0.05, 0.1) is 5.56 Å². The van der Waals surface area contributed by atoms with Crippen LogP contribution < -0.4 is 11.1 Å². The van der Waals surface area contributed by atoms with E-state index in [4.69, 9.17) is 5.73 Å². The molecule has 0 heterocycles. The molecule has 0 aromatic heterocycles. The second-order valence-corrected chi connectivity index (χ2v) is 4.04. The van der Waals surface area contributed by atoms with Crippen LogP contribution in [0.2, 0.25) is 0 Å². The largest absolute Gasteiger partial charge is 0.398 e. The lowest BCUT2D eigenvalue weighted by Crippen LogP contribution is -2.35. The predicted molar refractivity (Wildman–Crippen MR) is 65.1 cm³/mol. The lowest BCUT2D eigenvalue weighted by molar-refractivity contribution is 0.0935. The van der Waals surface area contributed by atoms with E-state index in [2.05, 4.69) is 17.5 Å². The van der Waals surface area contributed by atoms with E-state index in [1.165, 1.54) is 0 Å². The quantitative estimate of drug-likeness (QED) is 0.587. The van der Waals surface area contributed by atoms with Crippen molar-refractivity contribution in [2.45, 2.75) is 25.3 Å². The molecule has 0 spiro atoms. The number of anilines is 1. The van der Waals surface area contributed by atoms with Gasteiger partial charge in [0.15, 0.2) is 0 Å². The van der Waals surface area contributed by atoms with Crippen LogP contribution >= 0.6 is 0 Å². The van der Waals surface area contributed by atoms with Crippen molar-refractivity contribution in [2.24, 2.45) is 0 Å². The van der Waals surface area contributed by atoms with Crippen LogP contribution in [0.15, 0.2) is 36.4 Å². The molecule has 84 valence electrons. The van der Waals surface area contributed by atoms with Crippen LogP contribution in [-0.2, 0) is 0 Å². The number of hydrogen-bond acceptors (Lipinski definition) is 2. The summed E-state index contributed by atoms with van der Waals surface area (Å²) in [5.41, 5.74) is 6.85. The summed E-state index contributed by atoms with van der Waals surface area (Å²) in [7, 11) is 0. The number of rotatable bonds is 2. The Morgan fingerprint density at radius 3 is 2.81 bits per heavy atom. The molecule has 1 aromatic carbocycles. The average molecular weight is 216 g/mol. The first-order valence-corrected chi connectivity index (χ1v) is 5.58. The smallest absolute Gasteiger partial charge is 0.253 e. The van der Waals surface area contributed by atoms with Crippen molar-refractivity contribution in [1.29, 1.82) is 0 Å². The van der Waals surface area contributed by atoms with Crippen LogP contribution in [0.3, 0.4) is 0 Å². The van der Waals surface area contributed by atoms with E-state index in [0.29, 0.717) is 11.3 Å². The van der Waals surface area contributed by atoms with Gasteiger partial charge in [0.1, 0.15) is 0 Å². The third-order valence-corrected chi connectivity index (χ3v) is 2.81. The van der Waals surface area contributed by atoms with Gasteiger partial charge in [-0.15, -0.1) is 0 Å². The summed E-state index contributed by atoms with van der Waals surface area (Å²) in [6, 6.07) is 7.40. The molecule has 0 saturated carbocycles. The van der Waals surface area contributed by atoms with Crippen LogP contribution in [-0.4, -0.2) is 11.9 Å². The topological polar surface area (TPSA) is 55.1 Å². The number of amides is 1. The molecule has 2 rings (SSSR count). The summed E-state index contributed by atoms with van der Waals surface area (Å²) in [5, 5.41) is 3.01. The maximum absolute atomic E-state index is 11.9. The Hall–Kier alpha value is -1.77. The molecular weight excluding hydrogens is 200 g/mol. The highest BCUT2D eigenvalue weighted by atomic mass is 16.1. The highest BCUT2D eigenvalue weighted by Gasteiger charge is 2.15. The Balaban J connectivity index is 2.03. The Kier molecular flexibility index (Phi) is 3.25. The number of nitrogens with one attached hydrogen (secondary N) is 1. The van der Waals surface area contributed by atoms with Crippen LogP contribution in [0, 0.1) is 0 Å². The zero-order valence-electron chi connectivity index (χ0n) is 9.15. The lowest BCUT2D eigenvalue weighted by atomic mass is 10.0. The number of benzene rings is 1. The maximum Gasteiger partial charge on any atom is 0.253 e. The number of carbonyl (C=O) groups is 1. The first-order chi connectivity index (χ1) is 7.77. The molecule has 0 saturated heterocycles. The van der Waals surface area contributed by atoms with Crippen molar-refractivity contribution in [1.82, 2.24) is 5.32 Å². The Bertz CT molecular complexity index is 412. The number of nitrogen functional groups attached to an aromatic ring is 1. The molecule has 1 amide bonds. The third kappa shape index (κ3) is 2.42. The molecule has 1 aromatic rings. The van der Waals surface area contributed by atoms with Crippen molar-refractivity contribution >= 4 is 11.6 Å². The number of carbonyl (C=O) groups excluding carboxylic acids is 1. The van der Waals surface area contributed by atoms with Gasteiger partial charge in [-0.2, -0.15) is 0 Å². The van der Waals surface area contributed by atoms with Gasteiger partial charge < -0.3 is 11.1 Å². The molecule has 1 aliphatic rings. The van der Waals surface area contributed by atoms with E-state index < -0.39 is 0 Å². The molecule has 1 atom stereocenters. The van der Waals surface area contributed by atoms with E-state index in [1.807, 2.05) is 12.1 Å². The van der Waals surface area contributed by atoms with Gasteiger partial charge in [-0.1, -0.05) is 24.3 Å². The predicted octanol–water partition coefficient (Wildman–Crippen LogP) is 2.11. The van der Waals surface area contributed by atoms with Crippen molar-refractivity contribution in [3.63, 3.8) is 0 Å². The van der Waals surface area contributed by atoms with Crippen molar-refractivity contribution in [3.8, 4) is 0 Å². The van der Waals surface area contributed by atoms with Crippen LogP contribution in [0.1, 0.15) is 29.6 Å². The summed E-state index contributed by atoms with van der Waals surface area (Å²) in [5.74, 6) is -0.0709. The zero-order valence-corrected chi connectivity index (χ0v) is 9.15. The fraction of sp³-hybridized carbons (Fsp3) is 0.308. The standard InChI is InChI=1S/C13H16N2O/c14-12-9-5-4-8-11(12)13(16)15-10-6-2-1-3-7-10/h1-2,4-5,8-10H,3,6-7,14H2,(H,15,16). The molecule has 3 nitrogen and oxygen atoms in total. The summed E-state index contributed by atoms with van der Waals surface area (Å²) in [6.07, 6.45) is 7.23. The van der Waals surface area contributed by atoms with Gasteiger partial charge in [-0.05, 0) is 31.4 Å². The Morgan fingerprint density at radius 2 is 2.12 bits per heavy atom. The van der Waals surface area contributed by atoms with Crippen LogP contribution in [0.4, 0.5) is 5.69 Å². The first-order valence-electron chi connectivity index (χ1n) is 5.58. The highest BCUT2D eigenvalue weighted by Crippen LogP contribution is 2.14. The second kappa shape index (κ2) is 4.84. The van der Waals surface area contributed by atoms with Crippen molar-refractivity contribution in [2.75, 3.05) is 5.73 Å². The van der Waals surface area contributed by atoms with Crippen molar-refractivity contribution < 1.29 is 4.79 Å². The average Bonchev–Trinajstić information content (AvgIpc) is 2.31. The molecule has 0 radical (unpaired) electrons. The maximum atomic E-state index is 11.9. The van der Waals surface area contributed by atoms with E-state index >= 15 is 0 Å². The van der Waals surface area contributed by atoms with Gasteiger partial charge in [-0.3, -0.25) is 4.79 Å². The zero-order chi connectivity index (χ0) is 11.4. The second-order valence-electron chi connectivity index (χ2n) is 4.04. The Morgan fingerprint density at radius 1 is 1.31 bits per heavy atom. The normalized spacial score (nSPS) is 19.4. The molecular formula is C13H16N2O. The molecule has 1 unspecified atom stereocenters. The summed E-state index contributed by atoms with van der Waals surface area (Å²) < 4.78 is 0. The molecule has 16 heavy (non-hydrogen) atoms. The van der Waals surface area contributed by atoms with E-state index in [9.17, 15) is 4.79 Å². The monoisotopic (exact) mass is 216 g/mol. The van der Waals surface area contributed by atoms with Gasteiger partial charge in [-0.25, -0.2) is 0 Å². The Labute approximate surface area is 95.3 Å². The number of para-hydroxylation sites is 1. The molecule has 1 aliphatic carbocycles. The first kappa shape index (κ1) is 10.7. The van der Waals surface area contributed by atoms with Gasteiger partial charge >= 0.3 is 0 Å². The summed E-state index contributed by atoms with van der Waals surface area (Å²) in [6.45, 7) is 0. The third-order valence-electron chi connectivity index (χ3n) is 2.81. The number of allylic oxidation sites excluding steroid dienone is 1. The SMILES string of the molecule is Nc1ccccc1C(=O)NC1CC=CCC1. The fourth-order valence-electron chi connectivity index (χ4n) is 1.89. The highest BCUT2D eigenvalue weighted by molar-refractivity contribution is 5.99. The molecule has 0 fully saturated rings. The molecule has 0 aliphatic heterocycles. The van der Waals surface area contributed by atoms with E-state index in [0.717, 1.165) is 19.3 Å². The van der Waals surface area contributed by atoms with Crippen molar-refractivity contribution in [3.05, 3.63) is 42.0 Å². The fourth-order valence-corrected chi connectivity index (χ4v) is 1.89.